The molecule has 1 saturated heterocycles. The van der Waals surface area contributed by atoms with Gasteiger partial charge in [-0.3, -0.25) is 19.8 Å². The zero-order valence-electron chi connectivity index (χ0n) is 20.8. The predicted octanol–water partition coefficient (Wildman–Crippen LogP) is 6.02. The third-order valence-corrected chi connectivity index (χ3v) is 6.42. The first-order chi connectivity index (χ1) is 17.8. The average Bonchev–Trinajstić information content (AvgIpc) is 2.87. The maximum Gasteiger partial charge on any atom is 0.270 e. The number of anilines is 1. The molecule has 0 atom stereocenters. The summed E-state index contributed by atoms with van der Waals surface area (Å²) in [6, 6.07) is 18.8. The quantitative estimate of drug-likeness (QED) is 0.217. The molecule has 0 unspecified atom stereocenters. The Morgan fingerprint density at radius 3 is 2.30 bits per heavy atom. The molecule has 3 aromatic rings. The average molecular weight is 535 g/mol. The van der Waals surface area contributed by atoms with Gasteiger partial charge in [0.05, 0.1) is 17.3 Å². The van der Waals surface area contributed by atoms with Crippen LogP contribution in [0.5, 0.6) is 11.5 Å². The minimum atomic E-state index is -0.579. The molecule has 0 saturated carbocycles. The Bertz CT molecular complexity index is 1370. The smallest absolute Gasteiger partial charge is 0.270 e. The Morgan fingerprint density at radius 1 is 0.973 bits per heavy atom. The lowest BCUT2D eigenvalue weighted by Gasteiger charge is -2.29. The number of aryl methyl sites for hydroxylation is 2. The number of carbonyl (C=O) groups excluding carboxylic acids is 2. The molecule has 1 aliphatic heterocycles. The van der Waals surface area contributed by atoms with Gasteiger partial charge in [-0.25, -0.2) is 0 Å². The van der Waals surface area contributed by atoms with E-state index in [1.807, 2.05) is 69.3 Å². The molecule has 8 heteroatoms. The summed E-state index contributed by atoms with van der Waals surface area (Å²) in [6.07, 6.45) is 2.35. The SMILES string of the molecule is CCOc1cc(/C=C2\C(=O)NC(=S)N(c3ccc(CC)cc3)C2=O)cc(Cl)c1OCc1ccc(C)cc1. The lowest BCUT2D eigenvalue weighted by atomic mass is 10.1. The van der Waals surface area contributed by atoms with Crippen molar-refractivity contribution >= 4 is 52.5 Å². The van der Waals surface area contributed by atoms with Gasteiger partial charge in [0, 0.05) is 0 Å². The van der Waals surface area contributed by atoms with E-state index in [1.54, 1.807) is 12.1 Å². The first-order valence-electron chi connectivity index (χ1n) is 12.0. The van der Waals surface area contributed by atoms with E-state index in [0.717, 1.165) is 23.1 Å². The summed E-state index contributed by atoms with van der Waals surface area (Å²) in [5.74, 6) is -0.290. The number of nitrogens with one attached hydrogen (secondary N) is 1. The lowest BCUT2D eigenvalue weighted by Crippen LogP contribution is -2.54. The Labute approximate surface area is 226 Å². The van der Waals surface area contributed by atoms with Crippen LogP contribution in [0.25, 0.3) is 6.08 Å². The highest BCUT2D eigenvalue weighted by Crippen LogP contribution is 2.38. The molecule has 0 spiro atoms. The maximum absolute atomic E-state index is 13.4. The third-order valence-electron chi connectivity index (χ3n) is 5.85. The molecule has 1 fully saturated rings. The van der Waals surface area contributed by atoms with E-state index in [-0.39, 0.29) is 10.7 Å². The minimum Gasteiger partial charge on any atom is -0.490 e. The van der Waals surface area contributed by atoms with Gasteiger partial charge in [-0.15, -0.1) is 0 Å². The maximum atomic E-state index is 13.4. The highest BCUT2D eigenvalue weighted by atomic mass is 35.5. The third kappa shape index (κ3) is 6.01. The first kappa shape index (κ1) is 26.4. The van der Waals surface area contributed by atoms with Crippen LogP contribution in [0.2, 0.25) is 5.02 Å². The molecule has 190 valence electrons. The minimum absolute atomic E-state index is 0.0317. The zero-order chi connectivity index (χ0) is 26.5. The Balaban J connectivity index is 1.64. The normalized spacial score (nSPS) is 14.6. The second-order valence-electron chi connectivity index (χ2n) is 8.52. The standard InChI is InChI=1S/C29H27ClN2O4S/c1-4-19-10-12-22(13-11-19)32-28(34)23(27(33)31-29(32)37)14-21-15-24(30)26(25(16-21)35-5-2)36-17-20-8-6-18(3)7-9-20/h6-16H,4-5,17H2,1-3H3,(H,31,33,37)/b23-14+. The molecule has 0 aliphatic carbocycles. The summed E-state index contributed by atoms with van der Waals surface area (Å²) >= 11 is 11.9. The Hall–Kier alpha value is -3.68. The van der Waals surface area contributed by atoms with Crippen molar-refractivity contribution in [2.24, 2.45) is 0 Å². The Kier molecular flexibility index (Phi) is 8.26. The molecule has 1 aliphatic rings. The monoisotopic (exact) mass is 534 g/mol. The van der Waals surface area contributed by atoms with E-state index in [4.69, 9.17) is 33.3 Å². The van der Waals surface area contributed by atoms with Crippen LogP contribution in [0, 0.1) is 6.92 Å². The number of thiocarbonyl (C=S) groups is 1. The fourth-order valence-corrected chi connectivity index (χ4v) is 4.41. The molecule has 0 bridgehead atoms. The zero-order valence-corrected chi connectivity index (χ0v) is 22.4. The number of amides is 2. The summed E-state index contributed by atoms with van der Waals surface area (Å²) in [4.78, 5) is 27.4. The molecule has 3 aromatic carbocycles. The highest BCUT2D eigenvalue weighted by Gasteiger charge is 2.34. The van der Waals surface area contributed by atoms with E-state index >= 15 is 0 Å². The van der Waals surface area contributed by atoms with Crippen LogP contribution in [-0.4, -0.2) is 23.5 Å². The summed E-state index contributed by atoms with van der Waals surface area (Å²) in [5.41, 5.74) is 4.30. The lowest BCUT2D eigenvalue weighted by molar-refractivity contribution is -0.122. The van der Waals surface area contributed by atoms with Gasteiger partial charge >= 0.3 is 0 Å². The summed E-state index contributed by atoms with van der Waals surface area (Å²) in [5, 5.41) is 2.94. The summed E-state index contributed by atoms with van der Waals surface area (Å²) < 4.78 is 11.8. The predicted molar refractivity (Wildman–Crippen MR) is 150 cm³/mol. The fraction of sp³-hybridized carbons (Fsp3) is 0.207. The molecule has 0 radical (unpaired) electrons. The Morgan fingerprint density at radius 2 is 1.65 bits per heavy atom. The van der Waals surface area contributed by atoms with E-state index in [9.17, 15) is 9.59 Å². The number of carbonyl (C=O) groups is 2. The number of hydrogen-bond donors (Lipinski definition) is 1. The fourth-order valence-electron chi connectivity index (χ4n) is 3.85. The van der Waals surface area contributed by atoms with Gasteiger partial charge in [-0.1, -0.05) is 60.5 Å². The van der Waals surface area contributed by atoms with Crippen molar-refractivity contribution in [2.75, 3.05) is 11.5 Å². The van der Waals surface area contributed by atoms with Crippen molar-refractivity contribution in [2.45, 2.75) is 33.8 Å². The van der Waals surface area contributed by atoms with Gasteiger partial charge in [-0.2, -0.15) is 0 Å². The van der Waals surface area contributed by atoms with Crippen molar-refractivity contribution in [3.8, 4) is 11.5 Å². The summed E-state index contributed by atoms with van der Waals surface area (Å²) in [6.45, 7) is 6.61. The van der Waals surface area contributed by atoms with Gasteiger partial charge in [0.15, 0.2) is 16.6 Å². The van der Waals surface area contributed by atoms with Crippen LogP contribution < -0.4 is 19.7 Å². The van der Waals surface area contributed by atoms with E-state index in [1.165, 1.54) is 11.0 Å². The number of nitrogens with zero attached hydrogens (tertiary/aromatic N) is 1. The van der Waals surface area contributed by atoms with Crippen LogP contribution in [0.4, 0.5) is 5.69 Å². The molecule has 2 amide bonds. The van der Waals surface area contributed by atoms with Crippen molar-refractivity contribution in [1.82, 2.24) is 5.32 Å². The number of benzene rings is 3. The van der Waals surface area contributed by atoms with Crippen LogP contribution in [0.3, 0.4) is 0 Å². The summed E-state index contributed by atoms with van der Waals surface area (Å²) in [7, 11) is 0. The van der Waals surface area contributed by atoms with Crippen molar-refractivity contribution in [1.29, 1.82) is 0 Å². The van der Waals surface area contributed by atoms with E-state index in [2.05, 4.69) is 5.32 Å². The molecule has 4 rings (SSSR count). The second-order valence-corrected chi connectivity index (χ2v) is 9.31. The number of halogens is 1. The second kappa shape index (κ2) is 11.6. The van der Waals surface area contributed by atoms with Crippen molar-refractivity contribution < 1.29 is 19.1 Å². The van der Waals surface area contributed by atoms with Crippen LogP contribution in [0.15, 0.2) is 66.2 Å². The van der Waals surface area contributed by atoms with Crippen LogP contribution in [0.1, 0.15) is 36.1 Å². The van der Waals surface area contributed by atoms with E-state index in [0.29, 0.717) is 41.0 Å². The van der Waals surface area contributed by atoms with Gasteiger partial charge < -0.3 is 9.47 Å². The topological polar surface area (TPSA) is 67.9 Å². The number of ether oxygens (including phenoxy) is 2. The molecule has 6 nitrogen and oxygen atoms in total. The molecular weight excluding hydrogens is 508 g/mol. The van der Waals surface area contributed by atoms with Gasteiger partial charge in [-0.05, 0) is 79.5 Å². The highest BCUT2D eigenvalue weighted by molar-refractivity contribution is 7.80. The number of rotatable bonds is 8. The molecule has 37 heavy (non-hydrogen) atoms. The van der Waals surface area contributed by atoms with Gasteiger partial charge in [0.2, 0.25) is 0 Å². The number of hydrogen-bond acceptors (Lipinski definition) is 5. The van der Waals surface area contributed by atoms with Gasteiger partial charge in [0.1, 0.15) is 12.2 Å². The molecule has 0 aromatic heterocycles. The largest absolute Gasteiger partial charge is 0.490 e. The van der Waals surface area contributed by atoms with Crippen LogP contribution >= 0.6 is 23.8 Å². The van der Waals surface area contributed by atoms with Crippen molar-refractivity contribution in [3.05, 3.63) is 93.5 Å². The first-order valence-corrected chi connectivity index (χ1v) is 12.7. The molecule has 1 heterocycles. The molecule has 1 N–H and O–H groups in total. The van der Waals surface area contributed by atoms with Crippen LogP contribution in [-0.2, 0) is 22.6 Å². The van der Waals surface area contributed by atoms with E-state index < -0.39 is 11.8 Å². The van der Waals surface area contributed by atoms with Crippen molar-refractivity contribution in [3.63, 3.8) is 0 Å². The van der Waals surface area contributed by atoms with Gasteiger partial charge in [0.25, 0.3) is 11.8 Å². The molecular formula is C29H27ClN2O4S.